The van der Waals surface area contributed by atoms with Crippen molar-refractivity contribution in [2.45, 2.75) is 0 Å². The molecule has 0 saturated heterocycles. The molecule has 0 fully saturated rings. The molecule has 0 saturated carbocycles. The topological polar surface area (TPSA) is 17.1 Å². The van der Waals surface area contributed by atoms with Crippen molar-refractivity contribution in [2.75, 3.05) is 0 Å². The van der Waals surface area contributed by atoms with E-state index < -0.39 is 34.9 Å². The molecule has 0 radical (unpaired) electrons. The lowest BCUT2D eigenvalue weighted by molar-refractivity contribution is 0.0829. The normalized spacial score (nSPS) is 10.2. The van der Waals surface area contributed by atoms with Gasteiger partial charge in [-0.1, -0.05) is 0 Å². The zero-order valence-corrected chi connectivity index (χ0v) is 5.88. The van der Waals surface area contributed by atoms with Gasteiger partial charge in [-0.3, -0.25) is 4.79 Å². The maximum absolute atomic E-state index is 12.5. The first-order valence-electron chi connectivity index (χ1n) is 2.98. The molecule has 0 N–H and O–H groups in total. The van der Waals surface area contributed by atoms with Gasteiger partial charge in [-0.05, 0) is 6.07 Å². The summed E-state index contributed by atoms with van der Waals surface area (Å²) < 4.78 is 61.1. The van der Waals surface area contributed by atoms with Gasteiger partial charge in [0.05, 0.1) is 5.56 Å². The summed E-state index contributed by atoms with van der Waals surface area (Å²) in [6.07, 6.45) is 0. The van der Waals surface area contributed by atoms with Crippen molar-refractivity contribution in [3.63, 3.8) is 0 Å². The molecule has 70 valence electrons. The number of halogens is 5. The average Bonchev–Trinajstić information content (AvgIpc) is 2.07. The van der Waals surface area contributed by atoms with E-state index in [1.54, 1.807) is 0 Å². The van der Waals surface area contributed by atoms with Crippen molar-refractivity contribution in [2.24, 2.45) is 0 Å². The molecule has 0 aliphatic rings. The third kappa shape index (κ3) is 1.51. The van der Waals surface area contributed by atoms with Crippen LogP contribution in [0.1, 0.15) is 10.4 Å². The number of rotatable bonds is 1. The molecular weight excluding hydrogens is 195 g/mol. The lowest BCUT2D eigenvalue weighted by atomic mass is 10.2. The van der Waals surface area contributed by atoms with Crippen molar-refractivity contribution >= 4 is 6.04 Å². The number of benzene rings is 1. The monoisotopic (exact) mass is 196 g/mol. The molecule has 0 atom stereocenters. The van der Waals surface area contributed by atoms with Crippen LogP contribution in [0.5, 0.6) is 0 Å². The van der Waals surface area contributed by atoms with Crippen LogP contribution < -0.4 is 0 Å². The molecule has 0 unspecified atom stereocenters. The zero-order valence-electron chi connectivity index (χ0n) is 5.88. The van der Waals surface area contributed by atoms with Crippen LogP contribution in [0.15, 0.2) is 6.07 Å². The smallest absolute Gasteiger partial charge is 0.255 e. The number of carbonyl (C=O) groups excluding carboxylic acids is 1. The molecule has 1 nitrogen and oxygen atoms in total. The highest BCUT2D eigenvalue weighted by molar-refractivity contribution is 5.88. The fourth-order valence-electron chi connectivity index (χ4n) is 0.716. The van der Waals surface area contributed by atoms with Crippen molar-refractivity contribution in [3.8, 4) is 0 Å². The molecular formula is C7HF5O. The molecule has 1 aromatic carbocycles. The lowest BCUT2D eigenvalue weighted by Crippen LogP contribution is -2.04. The number of hydrogen-bond acceptors (Lipinski definition) is 1. The Kier molecular flexibility index (Phi) is 2.31. The van der Waals surface area contributed by atoms with E-state index in [4.69, 9.17) is 0 Å². The first-order valence-corrected chi connectivity index (χ1v) is 2.98. The maximum atomic E-state index is 12.5. The van der Waals surface area contributed by atoms with Gasteiger partial charge in [-0.15, -0.1) is 0 Å². The molecule has 1 aromatic rings. The second-order valence-electron chi connectivity index (χ2n) is 2.12. The average molecular weight is 196 g/mol. The van der Waals surface area contributed by atoms with Gasteiger partial charge < -0.3 is 0 Å². The van der Waals surface area contributed by atoms with E-state index >= 15 is 0 Å². The fourth-order valence-corrected chi connectivity index (χ4v) is 0.716. The Hall–Kier alpha value is -1.46. The van der Waals surface area contributed by atoms with Gasteiger partial charge in [0.15, 0.2) is 23.3 Å². The van der Waals surface area contributed by atoms with Gasteiger partial charge in [-0.25, -0.2) is 17.6 Å². The Balaban J connectivity index is 3.50. The number of carbonyl (C=O) groups is 1. The first-order chi connectivity index (χ1) is 5.95. The summed E-state index contributed by atoms with van der Waals surface area (Å²) in [4.78, 5) is 9.92. The first kappa shape index (κ1) is 9.63. The zero-order chi connectivity index (χ0) is 10.2. The summed E-state index contributed by atoms with van der Waals surface area (Å²) in [7, 11) is 0. The summed E-state index contributed by atoms with van der Waals surface area (Å²) >= 11 is 0. The predicted octanol–water partition coefficient (Wildman–Crippen LogP) is 2.35. The highest BCUT2D eigenvalue weighted by Crippen LogP contribution is 2.19. The Labute approximate surface area is 68.8 Å². The summed E-state index contributed by atoms with van der Waals surface area (Å²) in [6.45, 7) is 0. The highest BCUT2D eigenvalue weighted by atomic mass is 19.2. The van der Waals surface area contributed by atoms with Crippen LogP contribution in [0.4, 0.5) is 22.0 Å². The van der Waals surface area contributed by atoms with Crippen LogP contribution in [0.2, 0.25) is 0 Å². The molecule has 13 heavy (non-hydrogen) atoms. The van der Waals surface area contributed by atoms with E-state index in [0.29, 0.717) is 0 Å². The third-order valence-corrected chi connectivity index (χ3v) is 1.31. The molecule has 0 aliphatic carbocycles. The van der Waals surface area contributed by atoms with Crippen LogP contribution in [0.3, 0.4) is 0 Å². The third-order valence-electron chi connectivity index (χ3n) is 1.31. The van der Waals surface area contributed by atoms with Gasteiger partial charge in [-0.2, -0.15) is 4.39 Å². The summed E-state index contributed by atoms with van der Waals surface area (Å²) in [5.41, 5.74) is -1.46. The quantitative estimate of drug-likeness (QED) is 0.291. The molecule has 0 aromatic heterocycles. The standard InChI is InChI=1S/C7HF5O/c8-3-1-2(7(12)13)4(9)6(11)5(3)10/h1H. The molecule has 0 bridgehead atoms. The molecule has 0 amide bonds. The maximum Gasteiger partial charge on any atom is 0.335 e. The van der Waals surface area contributed by atoms with Gasteiger partial charge in [0.1, 0.15) is 0 Å². The highest BCUT2D eigenvalue weighted by Gasteiger charge is 2.22. The molecule has 6 heteroatoms. The van der Waals surface area contributed by atoms with Gasteiger partial charge in [0, 0.05) is 0 Å². The van der Waals surface area contributed by atoms with Crippen LogP contribution in [0, 0.1) is 23.3 Å². The van der Waals surface area contributed by atoms with E-state index in [0.717, 1.165) is 0 Å². The van der Waals surface area contributed by atoms with Gasteiger partial charge in [0.2, 0.25) is 0 Å². The molecule has 0 heterocycles. The Bertz CT molecular complexity index is 374. The van der Waals surface area contributed by atoms with E-state index in [-0.39, 0.29) is 6.07 Å². The number of hydrogen-bond donors (Lipinski definition) is 0. The van der Waals surface area contributed by atoms with Crippen LogP contribution >= 0.6 is 0 Å². The van der Waals surface area contributed by atoms with Gasteiger partial charge in [0.25, 0.3) is 0 Å². The Morgan fingerprint density at radius 1 is 1.00 bits per heavy atom. The van der Waals surface area contributed by atoms with Crippen LogP contribution in [-0.4, -0.2) is 6.04 Å². The van der Waals surface area contributed by atoms with Crippen molar-refractivity contribution in [1.29, 1.82) is 0 Å². The summed E-state index contributed by atoms with van der Waals surface area (Å²) in [5, 5.41) is 0. The van der Waals surface area contributed by atoms with Crippen molar-refractivity contribution in [1.82, 2.24) is 0 Å². The lowest BCUT2D eigenvalue weighted by Gasteiger charge is -1.99. The van der Waals surface area contributed by atoms with Crippen LogP contribution in [-0.2, 0) is 0 Å². The minimum absolute atomic E-state index is 0.0456. The van der Waals surface area contributed by atoms with Crippen LogP contribution in [0.25, 0.3) is 0 Å². The van der Waals surface area contributed by atoms with Crippen molar-refractivity contribution in [3.05, 3.63) is 34.9 Å². The Morgan fingerprint density at radius 2 is 1.54 bits per heavy atom. The van der Waals surface area contributed by atoms with E-state index in [9.17, 15) is 26.7 Å². The van der Waals surface area contributed by atoms with E-state index in [1.165, 1.54) is 0 Å². The summed E-state index contributed by atoms with van der Waals surface area (Å²) in [5.74, 6) is -8.14. The minimum atomic E-state index is -2.37. The van der Waals surface area contributed by atoms with E-state index in [1.807, 2.05) is 0 Å². The van der Waals surface area contributed by atoms with Crippen molar-refractivity contribution < 1.29 is 26.7 Å². The molecule has 1 rings (SSSR count). The fraction of sp³-hybridized carbons (Fsp3) is 0. The molecule has 0 spiro atoms. The molecule has 0 aliphatic heterocycles. The second kappa shape index (κ2) is 3.12. The van der Waals surface area contributed by atoms with E-state index in [2.05, 4.69) is 0 Å². The Morgan fingerprint density at radius 3 is 2.00 bits per heavy atom. The van der Waals surface area contributed by atoms with Gasteiger partial charge >= 0.3 is 6.04 Å². The minimum Gasteiger partial charge on any atom is -0.255 e. The SMILES string of the molecule is O=C(F)c1cc(F)c(F)c(F)c1F. The second-order valence-corrected chi connectivity index (χ2v) is 2.12. The largest absolute Gasteiger partial charge is 0.335 e. The predicted molar refractivity (Wildman–Crippen MR) is 31.7 cm³/mol. The summed E-state index contributed by atoms with van der Waals surface area (Å²) in [6, 6.07) is -2.41.